The lowest BCUT2D eigenvalue weighted by Crippen LogP contribution is -2.50. The first-order valence-electron chi connectivity index (χ1n) is 7.42. The topological polar surface area (TPSA) is 78.6 Å². The van der Waals surface area contributed by atoms with Gasteiger partial charge in [0.2, 0.25) is 5.91 Å². The third-order valence-corrected chi connectivity index (χ3v) is 4.32. The summed E-state index contributed by atoms with van der Waals surface area (Å²) in [4.78, 5) is 14.5. The molecule has 1 atom stereocenters. The van der Waals surface area contributed by atoms with E-state index in [0.29, 0.717) is 18.5 Å². The Hall–Kier alpha value is -1.59. The summed E-state index contributed by atoms with van der Waals surface area (Å²) < 4.78 is 0. The Kier molecular flexibility index (Phi) is 4.54. The van der Waals surface area contributed by atoms with Crippen molar-refractivity contribution in [1.29, 1.82) is 0 Å². The zero-order chi connectivity index (χ0) is 15.6. The van der Waals surface area contributed by atoms with Crippen LogP contribution in [-0.4, -0.2) is 40.6 Å². The summed E-state index contributed by atoms with van der Waals surface area (Å²) in [6.45, 7) is 7.16. The first-order valence-corrected chi connectivity index (χ1v) is 7.42. The van der Waals surface area contributed by atoms with Gasteiger partial charge in [0.15, 0.2) is 0 Å². The zero-order valence-electron chi connectivity index (χ0n) is 13.0. The van der Waals surface area contributed by atoms with Crippen LogP contribution in [0.4, 0.5) is 11.4 Å². The quantitative estimate of drug-likeness (QED) is 0.741. The Bertz CT molecular complexity index is 518. The molecular formula is C16H25N3O2. The molecule has 0 radical (unpaired) electrons. The van der Waals surface area contributed by atoms with E-state index >= 15 is 0 Å². The number of aryl methyl sites for hydroxylation is 1. The third-order valence-electron chi connectivity index (χ3n) is 4.32. The van der Waals surface area contributed by atoms with Crippen LogP contribution < -0.4 is 11.1 Å². The van der Waals surface area contributed by atoms with Crippen molar-refractivity contribution < 1.29 is 9.90 Å². The number of piperidine rings is 1. The maximum Gasteiger partial charge on any atom is 0.241 e. The fraction of sp³-hybridized carbons (Fsp3) is 0.562. The molecule has 1 aliphatic heterocycles. The molecule has 1 heterocycles. The number of nitrogens with zero attached hydrogens (tertiary/aromatic N) is 1. The summed E-state index contributed by atoms with van der Waals surface area (Å²) in [6.07, 6.45) is 1.39. The lowest BCUT2D eigenvalue weighted by Gasteiger charge is -2.38. The number of anilines is 2. The van der Waals surface area contributed by atoms with Crippen LogP contribution in [0.2, 0.25) is 0 Å². The SMILES string of the molecule is Cc1ccc(N)cc1NC(=O)C(C)N1CCC(C)(O)CC1. The standard InChI is InChI=1S/C16H25N3O2/c1-11-4-5-13(17)10-14(11)18-15(20)12(2)19-8-6-16(3,21)7-9-19/h4-5,10,12,21H,6-9,17H2,1-3H3,(H,18,20). The molecule has 0 aromatic heterocycles. The summed E-state index contributed by atoms with van der Waals surface area (Å²) in [5.41, 5.74) is 7.55. The van der Waals surface area contributed by atoms with Crippen LogP contribution in [0.25, 0.3) is 0 Å². The number of amides is 1. The molecule has 21 heavy (non-hydrogen) atoms. The number of hydrogen-bond acceptors (Lipinski definition) is 4. The molecule has 1 saturated heterocycles. The molecule has 5 nitrogen and oxygen atoms in total. The smallest absolute Gasteiger partial charge is 0.241 e. The highest BCUT2D eigenvalue weighted by atomic mass is 16.3. The predicted molar refractivity (Wildman–Crippen MR) is 85.1 cm³/mol. The average Bonchev–Trinajstić information content (AvgIpc) is 2.42. The van der Waals surface area contributed by atoms with Gasteiger partial charge in [0.1, 0.15) is 0 Å². The van der Waals surface area contributed by atoms with Crippen LogP contribution in [0.1, 0.15) is 32.3 Å². The zero-order valence-corrected chi connectivity index (χ0v) is 13.0. The van der Waals surface area contributed by atoms with Gasteiger partial charge in [-0.25, -0.2) is 0 Å². The van der Waals surface area contributed by atoms with E-state index in [9.17, 15) is 9.90 Å². The van der Waals surface area contributed by atoms with E-state index < -0.39 is 5.60 Å². The van der Waals surface area contributed by atoms with Gasteiger partial charge in [0, 0.05) is 24.5 Å². The van der Waals surface area contributed by atoms with E-state index in [-0.39, 0.29) is 11.9 Å². The largest absolute Gasteiger partial charge is 0.399 e. The van der Waals surface area contributed by atoms with Gasteiger partial charge in [-0.2, -0.15) is 0 Å². The minimum absolute atomic E-state index is 0.0368. The average molecular weight is 291 g/mol. The second-order valence-electron chi connectivity index (χ2n) is 6.27. The lowest BCUT2D eigenvalue weighted by atomic mass is 9.93. The van der Waals surface area contributed by atoms with Crippen molar-refractivity contribution in [3.8, 4) is 0 Å². The second-order valence-corrected chi connectivity index (χ2v) is 6.27. The number of carbonyl (C=O) groups is 1. The molecule has 1 aromatic rings. The predicted octanol–water partition coefficient (Wildman–Crippen LogP) is 1.75. The van der Waals surface area contributed by atoms with Crippen LogP contribution >= 0.6 is 0 Å². The van der Waals surface area contributed by atoms with Crippen LogP contribution in [0.5, 0.6) is 0 Å². The van der Waals surface area contributed by atoms with Gasteiger partial charge in [-0.15, -0.1) is 0 Å². The number of hydrogen-bond donors (Lipinski definition) is 3. The summed E-state index contributed by atoms with van der Waals surface area (Å²) in [6, 6.07) is 5.28. The van der Waals surface area contributed by atoms with E-state index in [1.54, 1.807) is 6.07 Å². The lowest BCUT2D eigenvalue weighted by molar-refractivity contribution is -0.122. The molecule has 0 aliphatic carbocycles. The number of nitrogens with one attached hydrogen (secondary N) is 1. The molecule has 1 amide bonds. The van der Waals surface area contributed by atoms with Crippen LogP contribution in [-0.2, 0) is 4.79 Å². The Labute approximate surface area is 126 Å². The van der Waals surface area contributed by atoms with Gasteiger partial charge >= 0.3 is 0 Å². The van der Waals surface area contributed by atoms with Crippen molar-refractivity contribution in [2.24, 2.45) is 0 Å². The van der Waals surface area contributed by atoms with Crippen LogP contribution in [0, 0.1) is 6.92 Å². The molecule has 1 fully saturated rings. The van der Waals surface area contributed by atoms with Crippen molar-refractivity contribution >= 4 is 17.3 Å². The highest BCUT2D eigenvalue weighted by molar-refractivity contribution is 5.95. The molecular weight excluding hydrogens is 266 g/mol. The Morgan fingerprint density at radius 1 is 1.43 bits per heavy atom. The highest BCUT2D eigenvalue weighted by Crippen LogP contribution is 2.23. The van der Waals surface area contributed by atoms with Gasteiger partial charge < -0.3 is 16.2 Å². The van der Waals surface area contributed by atoms with E-state index in [4.69, 9.17) is 5.73 Å². The van der Waals surface area contributed by atoms with Crippen LogP contribution in [0.3, 0.4) is 0 Å². The first-order chi connectivity index (χ1) is 9.78. The Morgan fingerprint density at radius 2 is 2.05 bits per heavy atom. The molecule has 0 bridgehead atoms. The van der Waals surface area contributed by atoms with Crippen molar-refractivity contribution in [3.05, 3.63) is 23.8 Å². The van der Waals surface area contributed by atoms with Crippen molar-refractivity contribution in [3.63, 3.8) is 0 Å². The normalized spacial score (nSPS) is 20.0. The molecule has 1 aromatic carbocycles. The molecule has 1 unspecified atom stereocenters. The van der Waals surface area contributed by atoms with Crippen molar-refractivity contribution in [2.75, 3.05) is 24.1 Å². The van der Waals surface area contributed by atoms with Gasteiger partial charge in [-0.05, 0) is 51.3 Å². The monoisotopic (exact) mass is 291 g/mol. The number of nitrogen functional groups attached to an aromatic ring is 1. The summed E-state index contributed by atoms with van der Waals surface area (Å²) in [5.74, 6) is -0.0368. The summed E-state index contributed by atoms with van der Waals surface area (Å²) in [5, 5.41) is 12.9. The minimum Gasteiger partial charge on any atom is -0.399 e. The first kappa shape index (κ1) is 15.8. The molecule has 4 N–H and O–H groups in total. The number of rotatable bonds is 3. The minimum atomic E-state index is -0.600. The van der Waals surface area contributed by atoms with Gasteiger partial charge in [0.25, 0.3) is 0 Å². The molecule has 0 saturated carbocycles. The fourth-order valence-corrected chi connectivity index (χ4v) is 2.57. The van der Waals surface area contributed by atoms with Crippen LogP contribution in [0.15, 0.2) is 18.2 Å². The third kappa shape index (κ3) is 3.95. The maximum absolute atomic E-state index is 12.4. The van der Waals surface area contributed by atoms with E-state index in [1.165, 1.54) is 0 Å². The summed E-state index contributed by atoms with van der Waals surface area (Å²) >= 11 is 0. The van der Waals surface area contributed by atoms with E-state index in [2.05, 4.69) is 10.2 Å². The number of likely N-dealkylation sites (tertiary alicyclic amines) is 1. The molecule has 2 rings (SSSR count). The van der Waals surface area contributed by atoms with Crippen molar-refractivity contribution in [1.82, 2.24) is 4.90 Å². The number of carbonyl (C=O) groups excluding carboxylic acids is 1. The van der Waals surface area contributed by atoms with Crippen molar-refractivity contribution in [2.45, 2.75) is 45.3 Å². The molecule has 0 spiro atoms. The highest BCUT2D eigenvalue weighted by Gasteiger charge is 2.31. The maximum atomic E-state index is 12.4. The van der Waals surface area contributed by atoms with Gasteiger partial charge in [-0.3, -0.25) is 9.69 Å². The summed E-state index contributed by atoms with van der Waals surface area (Å²) in [7, 11) is 0. The van der Waals surface area contributed by atoms with Gasteiger partial charge in [-0.1, -0.05) is 6.07 Å². The molecule has 116 valence electrons. The fourth-order valence-electron chi connectivity index (χ4n) is 2.57. The van der Waals surface area contributed by atoms with E-state index in [1.807, 2.05) is 32.9 Å². The molecule has 1 aliphatic rings. The Morgan fingerprint density at radius 3 is 2.67 bits per heavy atom. The second kappa shape index (κ2) is 6.03. The van der Waals surface area contributed by atoms with Gasteiger partial charge in [0.05, 0.1) is 11.6 Å². The Balaban J connectivity index is 1.98. The van der Waals surface area contributed by atoms with E-state index in [0.717, 1.165) is 24.3 Å². The number of nitrogens with two attached hydrogens (primary N) is 1. The number of aliphatic hydroxyl groups is 1. The molecule has 5 heteroatoms. The number of benzene rings is 1.